The number of likely N-dealkylation sites (tertiary alicyclic amines) is 1. The van der Waals surface area contributed by atoms with Crippen molar-refractivity contribution in [3.8, 4) is 5.75 Å². The normalized spacial score (nSPS) is 20.2. The van der Waals surface area contributed by atoms with E-state index in [0.717, 1.165) is 25.3 Å². The molecule has 3 heterocycles. The first-order chi connectivity index (χ1) is 22.1. The second-order valence-electron chi connectivity index (χ2n) is 12.3. The molecule has 0 bridgehead atoms. The largest absolute Gasteiger partial charge is 0.492 e. The Bertz CT molecular complexity index is 1610. The van der Waals surface area contributed by atoms with Crippen molar-refractivity contribution in [3.05, 3.63) is 45.3 Å². The van der Waals surface area contributed by atoms with Crippen LogP contribution in [0.25, 0.3) is 10.9 Å². The highest BCUT2D eigenvalue weighted by Crippen LogP contribution is 2.44. The molecule has 12 nitrogen and oxygen atoms in total. The monoisotopic (exact) mass is 644 g/mol. The molecular formula is C32H42F2N6O6. The number of fused-ring (bicyclic) bond motifs is 1. The molecule has 5 rings (SSSR count). The summed E-state index contributed by atoms with van der Waals surface area (Å²) in [6.07, 6.45) is 6.77. The summed E-state index contributed by atoms with van der Waals surface area (Å²) in [5.41, 5.74) is 11.1. The number of halogens is 2. The number of carbonyl (C=O) groups is 3. The molecule has 14 heteroatoms. The molecule has 46 heavy (non-hydrogen) atoms. The van der Waals surface area contributed by atoms with Crippen molar-refractivity contribution in [1.82, 2.24) is 14.8 Å². The zero-order valence-corrected chi connectivity index (χ0v) is 26.0. The van der Waals surface area contributed by atoms with Crippen molar-refractivity contribution in [2.75, 3.05) is 44.7 Å². The molecule has 0 spiro atoms. The number of amides is 2. The number of nitrogens with one attached hydrogen (secondary N) is 1. The van der Waals surface area contributed by atoms with E-state index in [4.69, 9.17) is 16.2 Å². The van der Waals surface area contributed by atoms with Crippen molar-refractivity contribution in [1.29, 1.82) is 0 Å². The maximum absolute atomic E-state index is 15.8. The Kier molecular flexibility index (Phi) is 10.3. The van der Waals surface area contributed by atoms with Gasteiger partial charge in [0.25, 0.3) is 0 Å². The predicted molar refractivity (Wildman–Crippen MR) is 168 cm³/mol. The number of aromatic nitrogens is 1. The lowest BCUT2D eigenvalue weighted by molar-refractivity contribution is -0.139. The van der Waals surface area contributed by atoms with Crippen LogP contribution in [0.4, 0.5) is 14.5 Å². The molecule has 3 fully saturated rings. The van der Waals surface area contributed by atoms with Crippen LogP contribution in [0.2, 0.25) is 0 Å². The van der Waals surface area contributed by atoms with E-state index in [0.29, 0.717) is 69.2 Å². The Balaban J connectivity index is 1.34. The summed E-state index contributed by atoms with van der Waals surface area (Å²) < 4.78 is 38.7. The summed E-state index contributed by atoms with van der Waals surface area (Å²) in [4.78, 5) is 53.9. The molecule has 2 amide bonds. The van der Waals surface area contributed by atoms with Crippen LogP contribution >= 0.6 is 0 Å². The maximum atomic E-state index is 15.8. The van der Waals surface area contributed by atoms with E-state index < -0.39 is 46.6 Å². The van der Waals surface area contributed by atoms with Crippen molar-refractivity contribution < 1.29 is 33.0 Å². The van der Waals surface area contributed by atoms with Gasteiger partial charge in [-0.05, 0) is 69.6 Å². The van der Waals surface area contributed by atoms with Crippen molar-refractivity contribution in [3.63, 3.8) is 0 Å². The molecule has 1 aromatic heterocycles. The number of hydrogen-bond donors (Lipinski definition) is 4. The highest BCUT2D eigenvalue weighted by molar-refractivity contribution is 5.97. The van der Waals surface area contributed by atoms with Crippen molar-refractivity contribution in [2.24, 2.45) is 11.5 Å². The standard InChI is InChI=1S/C32H42F2N6O6/c1-46-29-26-20(28(41)21(32(44)45)17-40(26)19-9-10-19)14-22(33)27(29)38-12-4-6-18(16-38)23(34)15-37-30(42)25-8-5-13-39(25)31(43)24(36)7-2-3-11-35/h14,17,19,24-25H,2-13,15-16,35-36H2,1H3,(H,37,42)(H,44,45)/b23-18-/t24-,25-/m0/s1. The van der Waals surface area contributed by atoms with Crippen LogP contribution in [0.3, 0.4) is 0 Å². The number of nitrogens with zero attached hydrogens (tertiary/aromatic N) is 3. The highest BCUT2D eigenvalue weighted by atomic mass is 19.1. The summed E-state index contributed by atoms with van der Waals surface area (Å²) in [5.74, 6) is -3.40. The summed E-state index contributed by atoms with van der Waals surface area (Å²) in [5, 5.41) is 12.1. The minimum absolute atomic E-state index is 0.0209. The first-order valence-electron chi connectivity index (χ1n) is 15.9. The fourth-order valence-corrected chi connectivity index (χ4v) is 6.56. The smallest absolute Gasteiger partial charge is 0.341 e. The Labute approximate surface area is 265 Å². The average Bonchev–Trinajstić information content (AvgIpc) is 3.77. The van der Waals surface area contributed by atoms with Crippen molar-refractivity contribution >= 4 is 34.4 Å². The highest BCUT2D eigenvalue weighted by Gasteiger charge is 2.36. The molecule has 2 atom stereocenters. The summed E-state index contributed by atoms with van der Waals surface area (Å²) >= 11 is 0. The molecule has 3 aliphatic rings. The van der Waals surface area contributed by atoms with Gasteiger partial charge in [-0.15, -0.1) is 0 Å². The molecule has 0 radical (unpaired) electrons. The van der Waals surface area contributed by atoms with E-state index in [1.165, 1.54) is 18.2 Å². The van der Waals surface area contributed by atoms with Gasteiger partial charge in [-0.25, -0.2) is 13.6 Å². The fraction of sp³-hybridized carbons (Fsp3) is 0.562. The van der Waals surface area contributed by atoms with Gasteiger partial charge in [0.1, 0.15) is 23.1 Å². The molecule has 1 saturated carbocycles. The third kappa shape index (κ3) is 6.73. The van der Waals surface area contributed by atoms with E-state index in [2.05, 4.69) is 5.32 Å². The van der Waals surface area contributed by atoms with E-state index in [9.17, 15) is 24.3 Å². The van der Waals surface area contributed by atoms with Gasteiger partial charge in [-0.3, -0.25) is 14.4 Å². The molecule has 1 aliphatic carbocycles. The quantitative estimate of drug-likeness (QED) is 0.253. The topological polar surface area (TPSA) is 173 Å². The van der Waals surface area contributed by atoms with Crippen LogP contribution in [0.1, 0.15) is 74.2 Å². The molecule has 6 N–H and O–H groups in total. The number of carbonyl (C=O) groups excluding carboxylic acids is 2. The van der Waals surface area contributed by atoms with Gasteiger partial charge in [-0.1, -0.05) is 6.42 Å². The number of methoxy groups -OCH3 is 1. The van der Waals surface area contributed by atoms with Crippen molar-refractivity contribution in [2.45, 2.75) is 75.9 Å². The van der Waals surface area contributed by atoms with E-state index in [1.54, 1.807) is 9.47 Å². The van der Waals surface area contributed by atoms with Gasteiger partial charge in [0.05, 0.1) is 30.6 Å². The lowest BCUT2D eigenvalue weighted by Crippen LogP contribution is -2.51. The van der Waals surface area contributed by atoms with E-state index in [-0.39, 0.29) is 41.9 Å². The number of ether oxygens (including phenoxy) is 1. The van der Waals surface area contributed by atoms with Crippen LogP contribution < -0.4 is 31.8 Å². The number of nitrogens with two attached hydrogens (primary N) is 2. The molecule has 250 valence electrons. The first-order valence-corrected chi connectivity index (χ1v) is 15.9. The second-order valence-corrected chi connectivity index (χ2v) is 12.3. The number of benzene rings is 1. The number of carboxylic acids is 1. The third-order valence-electron chi connectivity index (χ3n) is 9.10. The van der Waals surface area contributed by atoms with Gasteiger partial charge < -0.3 is 41.0 Å². The van der Waals surface area contributed by atoms with E-state index >= 15 is 8.78 Å². The van der Waals surface area contributed by atoms with Gasteiger partial charge >= 0.3 is 5.97 Å². The van der Waals surface area contributed by atoms with Gasteiger partial charge in [0.2, 0.25) is 17.2 Å². The molecular weight excluding hydrogens is 602 g/mol. The number of hydrogen-bond acceptors (Lipinski definition) is 8. The molecule has 2 saturated heterocycles. The molecule has 2 aliphatic heterocycles. The molecule has 0 unspecified atom stereocenters. The fourth-order valence-electron chi connectivity index (χ4n) is 6.56. The van der Waals surface area contributed by atoms with Crippen LogP contribution in [0.5, 0.6) is 5.75 Å². The second kappa shape index (κ2) is 14.2. The Hall–Kier alpha value is -4.04. The number of pyridine rings is 1. The summed E-state index contributed by atoms with van der Waals surface area (Å²) in [6.45, 7) is 0.947. The SMILES string of the molecule is COc1c(N2CCC/C(=C(/F)CNC(=O)[C@@H]3CCCN3C(=O)[C@@H](N)CCCCN)C2)c(F)cc2c(=O)c(C(=O)O)cn(C3CC3)c12. The Morgan fingerprint density at radius 2 is 1.93 bits per heavy atom. The lowest BCUT2D eigenvalue weighted by Gasteiger charge is -2.33. The number of piperidine rings is 1. The lowest BCUT2D eigenvalue weighted by atomic mass is 10.0. The number of anilines is 1. The van der Waals surface area contributed by atoms with Crippen LogP contribution in [0.15, 0.2) is 28.5 Å². The number of rotatable bonds is 12. The molecule has 1 aromatic carbocycles. The third-order valence-corrected chi connectivity index (χ3v) is 9.10. The van der Waals surface area contributed by atoms with Gasteiger partial charge in [0.15, 0.2) is 11.6 Å². The van der Waals surface area contributed by atoms with E-state index in [1.807, 2.05) is 0 Å². The zero-order chi connectivity index (χ0) is 33.1. The van der Waals surface area contributed by atoms with Crippen LogP contribution in [-0.4, -0.2) is 84.3 Å². The summed E-state index contributed by atoms with van der Waals surface area (Å²) in [7, 11) is 1.35. The number of carboxylic acid groups (broad SMARTS) is 1. The zero-order valence-electron chi connectivity index (χ0n) is 26.0. The predicted octanol–water partition coefficient (Wildman–Crippen LogP) is 2.57. The molecule has 2 aromatic rings. The van der Waals surface area contributed by atoms with Gasteiger partial charge in [0, 0.05) is 31.9 Å². The Morgan fingerprint density at radius 1 is 1.17 bits per heavy atom. The average molecular weight is 645 g/mol. The number of aromatic carboxylic acids is 1. The minimum Gasteiger partial charge on any atom is -0.492 e. The van der Waals surface area contributed by atoms with Crippen LogP contribution in [-0.2, 0) is 9.59 Å². The first kappa shape index (κ1) is 33.3. The number of unbranched alkanes of at least 4 members (excludes halogenated alkanes) is 1. The van der Waals surface area contributed by atoms with Crippen LogP contribution in [0, 0.1) is 5.82 Å². The van der Waals surface area contributed by atoms with Gasteiger partial charge in [-0.2, -0.15) is 0 Å². The summed E-state index contributed by atoms with van der Waals surface area (Å²) in [6, 6.07) is -0.467. The maximum Gasteiger partial charge on any atom is 0.341 e. The minimum atomic E-state index is -1.40. The Morgan fingerprint density at radius 3 is 2.61 bits per heavy atom.